The van der Waals surface area contributed by atoms with Gasteiger partial charge in [-0.2, -0.15) is 0 Å². The Kier molecular flexibility index (Phi) is 5.00. The molecule has 0 saturated heterocycles. The maximum Gasteiger partial charge on any atom is 0.0713 e. The zero-order valence-electron chi connectivity index (χ0n) is 7.07. The van der Waals surface area contributed by atoms with Crippen LogP contribution in [-0.4, -0.2) is 11.7 Å². The van der Waals surface area contributed by atoms with Gasteiger partial charge in [0.15, 0.2) is 0 Å². The Balaban J connectivity index is 4.10. The molecule has 0 rings (SSSR count). The van der Waals surface area contributed by atoms with Crippen LogP contribution in [0.1, 0.15) is 33.6 Å². The van der Waals surface area contributed by atoms with E-state index < -0.39 is 0 Å². The number of rotatable bonds is 3. The first-order valence-corrected chi connectivity index (χ1v) is 3.73. The molecule has 0 aromatic heterocycles. The molecule has 0 radical (unpaired) electrons. The van der Waals surface area contributed by atoms with Gasteiger partial charge in [0.25, 0.3) is 0 Å². The summed E-state index contributed by atoms with van der Waals surface area (Å²) in [6.07, 6.45) is 2.23. The SMILES string of the molecule is CCCC(C)=C=C(C)CO. The van der Waals surface area contributed by atoms with Crippen molar-refractivity contribution < 1.29 is 5.11 Å². The molecular weight excluding hydrogens is 124 g/mol. The molecule has 1 N–H and O–H groups in total. The minimum Gasteiger partial charge on any atom is -0.391 e. The quantitative estimate of drug-likeness (QED) is 0.596. The van der Waals surface area contributed by atoms with Crippen molar-refractivity contribution >= 4 is 0 Å². The molecule has 0 bridgehead atoms. The highest BCUT2D eigenvalue weighted by Gasteiger charge is 1.85. The lowest BCUT2D eigenvalue weighted by atomic mass is 10.1. The van der Waals surface area contributed by atoms with Gasteiger partial charge in [0.1, 0.15) is 0 Å². The van der Waals surface area contributed by atoms with Gasteiger partial charge in [0.2, 0.25) is 0 Å². The zero-order valence-corrected chi connectivity index (χ0v) is 7.07. The van der Waals surface area contributed by atoms with Crippen LogP contribution >= 0.6 is 0 Å². The molecule has 0 aliphatic carbocycles. The molecule has 0 heterocycles. The van der Waals surface area contributed by atoms with Crippen LogP contribution in [0.4, 0.5) is 0 Å². The predicted molar refractivity (Wildman–Crippen MR) is 43.9 cm³/mol. The van der Waals surface area contributed by atoms with Crippen molar-refractivity contribution in [2.45, 2.75) is 33.6 Å². The fraction of sp³-hybridized carbons (Fsp3) is 0.667. The van der Waals surface area contributed by atoms with Gasteiger partial charge in [0.05, 0.1) is 6.61 Å². The van der Waals surface area contributed by atoms with Crippen molar-refractivity contribution in [3.8, 4) is 0 Å². The van der Waals surface area contributed by atoms with Crippen LogP contribution in [0.25, 0.3) is 0 Å². The molecule has 0 aromatic carbocycles. The lowest BCUT2D eigenvalue weighted by molar-refractivity contribution is 0.331. The lowest BCUT2D eigenvalue weighted by Crippen LogP contribution is -1.81. The Morgan fingerprint density at radius 3 is 2.30 bits per heavy atom. The molecule has 0 unspecified atom stereocenters. The average molecular weight is 140 g/mol. The number of aliphatic hydroxyl groups excluding tert-OH is 1. The van der Waals surface area contributed by atoms with Crippen LogP contribution in [0, 0.1) is 0 Å². The van der Waals surface area contributed by atoms with E-state index in [1.165, 1.54) is 5.57 Å². The van der Waals surface area contributed by atoms with Crippen molar-refractivity contribution in [3.63, 3.8) is 0 Å². The van der Waals surface area contributed by atoms with E-state index in [1.54, 1.807) is 0 Å². The predicted octanol–water partition coefficient (Wildman–Crippen LogP) is 2.27. The first-order valence-electron chi connectivity index (χ1n) is 3.73. The molecule has 10 heavy (non-hydrogen) atoms. The van der Waals surface area contributed by atoms with Gasteiger partial charge in [-0.05, 0) is 31.4 Å². The molecule has 0 fully saturated rings. The number of aliphatic hydroxyl groups is 1. The first-order chi connectivity index (χ1) is 4.70. The van der Waals surface area contributed by atoms with Gasteiger partial charge in [-0.3, -0.25) is 0 Å². The number of hydrogen-bond donors (Lipinski definition) is 1. The zero-order chi connectivity index (χ0) is 7.98. The molecule has 1 heteroatoms. The summed E-state index contributed by atoms with van der Waals surface area (Å²) in [5.74, 6) is 0. The van der Waals surface area contributed by atoms with Crippen molar-refractivity contribution in [2.75, 3.05) is 6.61 Å². The van der Waals surface area contributed by atoms with Gasteiger partial charge in [-0.1, -0.05) is 13.3 Å². The highest BCUT2D eigenvalue weighted by Crippen LogP contribution is 2.01. The van der Waals surface area contributed by atoms with Crippen LogP contribution in [0.3, 0.4) is 0 Å². The van der Waals surface area contributed by atoms with E-state index in [1.807, 2.05) is 13.8 Å². The molecule has 0 aliphatic heterocycles. The van der Waals surface area contributed by atoms with E-state index in [2.05, 4.69) is 12.7 Å². The maximum atomic E-state index is 8.64. The number of hydrogen-bond acceptors (Lipinski definition) is 1. The largest absolute Gasteiger partial charge is 0.391 e. The van der Waals surface area contributed by atoms with Crippen molar-refractivity contribution in [1.82, 2.24) is 0 Å². The summed E-state index contributed by atoms with van der Waals surface area (Å²) in [6, 6.07) is 0. The first kappa shape index (κ1) is 9.48. The topological polar surface area (TPSA) is 20.2 Å². The Morgan fingerprint density at radius 1 is 1.30 bits per heavy atom. The van der Waals surface area contributed by atoms with E-state index >= 15 is 0 Å². The standard InChI is InChI=1S/C9H16O/c1-4-5-8(2)6-9(3)7-10/h10H,4-5,7H2,1-3H3. The van der Waals surface area contributed by atoms with E-state index in [4.69, 9.17) is 5.11 Å². The Labute approximate surface area is 63.1 Å². The molecular formula is C9H16O. The van der Waals surface area contributed by atoms with Crippen molar-refractivity contribution in [2.24, 2.45) is 0 Å². The monoisotopic (exact) mass is 140 g/mol. The molecule has 0 saturated carbocycles. The summed E-state index contributed by atoms with van der Waals surface area (Å²) in [5.41, 5.74) is 5.27. The van der Waals surface area contributed by atoms with E-state index in [0.717, 1.165) is 18.4 Å². The third-order valence-corrected chi connectivity index (χ3v) is 1.29. The summed E-state index contributed by atoms with van der Waals surface area (Å²) in [4.78, 5) is 0. The van der Waals surface area contributed by atoms with Crippen molar-refractivity contribution in [1.29, 1.82) is 0 Å². The smallest absolute Gasteiger partial charge is 0.0713 e. The second kappa shape index (κ2) is 5.28. The Morgan fingerprint density at radius 2 is 1.90 bits per heavy atom. The molecule has 58 valence electrons. The third-order valence-electron chi connectivity index (χ3n) is 1.29. The highest BCUT2D eigenvalue weighted by atomic mass is 16.3. The molecule has 1 nitrogen and oxygen atoms in total. The van der Waals surface area contributed by atoms with Gasteiger partial charge < -0.3 is 5.11 Å². The Bertz CT molecular complexity index is 150. The second-order valence-electron chi connectivity index (χ2n) is 2.59. The summed E-state index contributed by atoms with van der Waals surface area (Å²) in [6.45, 7) is 6.20. The van der Waals surface area contributed by atoms with Gasteiger partial charge in [0, 0.05) is 0 Å². The van der Waals surface area contributed by atoms with Crippen molar-refractivity contribution in [3.05, 3.63) is 16.9 Å². The van der Waals surface area contributed by atoms with Crippen LogP contribution in [0.2, 0.25) is 0 Å². The molecule has 0 spiro atoms. The van der Waals surface area contributed by atoms with E-state index in [-0.39, 0.29) is 6.61 Å². The molecule has 0 aliphatic rings. The van der Waals surface area contributed by atoms with Crippen LogP contribution < -0.4 is 0 Å². The van der Waals surface area contributed by atoms with Crippen LogP contribution in [0.15, 0.2) is 16.9 Å². The van der Waals surface area contributed by atoms with Crippen LogP contribution in [0.5, 0.6) is 0 Å². The fourth-order valence-corrected chi connectivity index (χ4v) is 0.841. The van der Waals surface area contributed by atoms with E-state index in [0.29, 0.717) is 0 Å². The minimum atomic E-state index is 0.126. The normalized spacial score (nSPS) is 8.80. The molecule has 0 amide bonds. The summed E-state index contributed by atoms with van der Waals surface area (Å²) in [5, 5.41) is 8.64. The van der Waals surface area contributed by atoms with Gasteiger partial charge in [-0.25, -0.2) is 0 Å². The second-order valence-corrected chi connectivity index (χ2v) is 2.59. The van der Waals surface area contributed by atoms with Gasteiger partial charge >= 0.3 is 0 Å². The third kappa shape index (κ3) is 4.37. The summed E-state index contributed by atoms with van der Waals surface area (Å²) < 4.78 is 0. The van der Waals surface area contributed by atoms with E-state index in [9.17, 15) is 0 Å². The van der Waals surface area contributed by atoms with Crippen LogP contribution in [-0.2, 0) is 0 Å². The average Bonchev–Trinajstić information content (AvgIpc) is 1.88. The summed E-state index contributed by atoms with van der Waals surface area (Å²) in [7, 11) is 0. The molecule has 0 atom stereocenters. The Hall–Kier alpha value is -0.520. The maximum absolute atomic E-state index is 8.64. The van der Waals surface area contributed by atoms with Gasteiger partial charge in [-0.15, -0.1) is 5.73 Å². The minimum absolute atomic E-state index is 0.126. The highest BCUT2D eigenvalue weighted by molar-refractivity contribution is 5.05. The lowest BCUT2D eigenvalue weighted by Gasteiger charge is -1.92. The fourth-order valence-electron chi connectivity index (χ4n) is 0.841. The summed E-state index contributed by atoms with van der Waals surface area (Å²) >= 11 is 0. The molecule has 0 aromatic rings.